The fourth-order valence-corrected chi connectivity index (χ4v) is 4.29. The Morgan fingerprint density at radius 2 is 2.08 bits per heavy atom. The molecule has 0 saturated heterocycles. The van der Waals surface area contributed by atoms with Crippen LogP contribution in [0.3, 0.4) is 0 Å². The average molecular weight is 370 g/mol. The van der Waals surface area contributed by atoms with E-state index in [1.807, 2.05) is 13.8 Å². The van der Waals surface area contributed by atoms with Crippen LogP contribution in [0, 0.1) is 5.41 Å². The van der Waals surface area contributed by atoms with Crippen molar-refractivity contribution in [3.63, 3.8) is 0 Å². The van der Waals surface area contributed by atoms with Crippen LogP contribution in [0.4, 0.5) is 5.13 Å². The maximum atomic E-state index is 12.7. The van der Waals surface area contributed by atoms with Crippen LogP contribution in [0.1, 0.15) is 46.0 Å². The van der Waals surface area contributed by atoms with E-state index in [-0.39, 0.29) is 22.8 Å². The van der Waals surface area contributed by atoms with Gasteiger partial charge in [-0.15, -0.1) is 0 Å². The summed E-state index contributed by atoms with van der Waals surface area (Å²) in [5.74, 6) is -0.293. The fourth-order valence-electron chi connectivity index (χ4n) is 3.38. The number of anilines is 1. The number of carbonyl (C=O) groups is 2. The number of para-hydroxylation sites is 1. The van der Waals surface area contributed by atoms with Gasteiger partial charge in [0.1, 0.15) is 0 Å². The van der Waals surface area contributed by atoms with Gasteiger partial charge in [0.2, 0.25) is 0 Å². The molecule has 26 heavy (non-hydrogen) atoms. The Balaban J connectivity index is 1.67. The van der Waals surface area contributed by atoms with Gasteiger partial charge in [-0.3, -0.25) is 19.5 Å². The van der Waals surface area contributed by atoms with Gasteiger partial charge in [-0.25, -0.2) is 9.78 Å². The Kier molecular flexibility index (Phi) is 3.62. The third kappa shape index (κ3) is 2.66. The quantitative estimate of drug-likeness (QED) is 0.725. The molecule has 0 spiro atoms. The van der Waals surface area contributed by atoms with Crippen LogP contribution in [0.15, 0.2) is 23.0 Å². The second-order valence-electron chi connectivity index (χ2n) is 7.38. The number of nitrogens with zero attached hydrogens (tertiary/aromatic N) is 2. The second-order valence-corrected chi connectivity index (χ2v) is 8.38. The Labute approximate surface area is 153 Å². The lowest BCUT2D eigenvalue weighted by atomic mass is 9.78. The topological polar surface area (TPSA) is 96.8 Å². The van der Waals surface area contributed by atoms with Gasteiger partial charge in [0.25, 0.3) is 5.91 Å². The van der Waals surface area contributed by atoms with Gasteiger partial charge >= 0.3 is 5.69 Å². The highest BCUT2D eigenvalue weighted by atomic mass is 32.1. The van der Waals surface area contributed by atoms with E-state index in [1.165, 1.54) is 15.9 Å². The largest absolute Gasteiger partial charge is 0.326 e. The average Bonchev–Trinajstić information content (AvgIpc) is 3.07. The zero-order valence-corrected chi connectivity index (χ0v) is 15.5. The predicted molar refractivity (Wildman–Crippen MR) is 100 cm³/mol. The number of Topliss-reactive ketones (excluding diaryl/α,β-unsaturated/α-hetero) is 1. The van der Waals surface area contributed by atoms with E-state index in [0.29, 0.717) is 39.4 Å². The molecule has 3 aromatic rings. The van der Waals surface area contributed by atoms with E-state index in [0.717, 1.165) is 5.69 Å². The van der Waals surface area contributed by atoms with Crippen molar-refractivity contribution < 1.29 is 9.59 Å². The highest BCUT2D eigenvalue weighted by molar-refractivity contribution is 7.17. The Hall–Kier alpha value is -2.74. The minimum absolute atomic E-state index is 0.0729. The molecule has 0 fully saturated rings. The van der Waals surface area contributed by atoms with Crippen molar-refractivity contribution in [2.24, 2.45) is 12.5 Å². The van der Waals surface area contributed by atoms with E-state index in [9.17, 15) is 14.4 Å². The summed E-state index contributed by atoms with van der Waals surface area (Å²) < 4.78 is 1.45. The number of nitrogens with one attached hydrogen (secondary N) is 2. The predicted octanol–water partition coefficient (Wildman–Crippen LogP) is 2.73. The van der Waals surface area contributed by atoms with Crippen LogP contribution in [-0.2, 0) is 13.5 Å². The van der Waals surface area contributed by atoms with E-state index in [2.05, 4.69) is 15.3 Å². The van der Waals surface area contributed by atoms with Crippen LogP contribution < -0.4 is 11.0 Å². The normalized spacial score (nSPS) is 15.9. The molecule has 4 rings (SSSR count). The number of aromatic amines is 1. The number of fused-ring (bicyclic) bond motifs is 2. The minimum Gasteiger partial charge on any atom is -0.305 e. The molecule has 0 radical (unpaired) electrons. The highest BCUT2D eigenvalue weighted by Crippen LogP contribution is 2.38. The number of ketones is 1. The molecule has 0 saturated carbocycles. The minimum atomic E-state index is -0.366. The van der Waals surface area contributed by atoms with Gasteiger partial charge in [-0.05, 0) is 24.0 Å². The van der Waals surface area contributed by atoms with Crippen molar-refractivity contribution >= 4 is 39.2 Å². The molecule has 2 N–H and O–H groups in total. The van der Waals surface area contributed by atoms with Crippen molar-refractivity contribution in [1.82, 2.24) is 14.5 Å². The molecule has 134 valence electrons. The summed E-state index contributed by atoms with van der Waals surface area (Å²) in [6.45, 7) is 4.08. The Bertz CT molecular complexity index is 1120. The molecule has 1 aliphatic rings. The van der Waals surface area contributed by atoms with Crippen molar-refractivity contribution in [1.29, 1.82) is 0 Å². The monoisotopic (exact) mass is 370 g/mol. The third-order valence-electron chi connectivity index (χ3n) is 4.64. The lowest BCUT2D eigenvalue weighted by Crippen LogP contribution is -2.26. The molecule has 7 nitrogen and oxygen atoms in total. The second kappa shape index (κ2) is 5.63. The number of rotatable bonds is 2. The van der Waals surface area contributed by atoms with E-state index >= 15 is 0 Å². The molecule has 8 heteroatoms. The van der Waals surface area contributed by atoms with Crippen molar-refractivity contribution in [3.05, 3.63) is 44.8 Å². The number of aromatic nitrogens is 3. The van der Waals surface area contributed by atoms with Crippen molar-refractivity contribution in [2.45, 2.75) is 26.7 Å². The number of carbonyl (C=O) groups excluding carboxylic acids is 2. The van der Waals surface area contributed by atoms with E-state index < -0.39 is 0 Å². The molecule has 1 aliphatic carbocycles. The first-order valence-electron chi connectivity index (χ1n) is 8.27. The number of hydrogen-bond acceptors (Lipinski definition) is 5. The van der Waals surface area contributed by atoms with Crippen molar-refractivity contribution in [2.75, 3.05) is 5.32 Å². The van der Waals surface area contributed by atoms with Crippen LogP contribution in [-0.4, -0.2) is 26.2 Å². The van der Waals surface area contributed by atoms with Gasteiger partial charge in [-0.1, -0.05) is 31.3 Å². The molecule has 2 aromatic heterocycles. The standard InChI is InChI=1S/C18H18N4O3S/c1-18(2)7-10-14(12(23)8-18)26-16(19-10)21-15(24)9-5-4-6-11-13(9)20-17(25)22(11)3/h4-6H,7-8H2,1-3H3,(H,20,25)(H,19,21,24). The molecule has 0 unspecified atom stereocenters. The molecule has 0 aliphatic heterocycles. The van der Waals surface area contributed by atoms with Crippen LogP contribution >= 0.6 is 11.3 Å². The molecule has 1 aromatic carbocycles. The summed E-state index contributed by atoms with van der Waals surface area (Å²) in [5, 5.41) is 3.17. The first kappa shape index (κ1) is 16.7. The summed E-state index contributed by atoms with van der Waals surface area (Å²) in [7, 11) is 1.64. The van der Waals surface area contributed by atoms with Gasteiger partial charge in [-0.2, -0.15) is 0 Å². The Morgan fingerprint density at radius 3 is 2.85 bits per heavy atom. The van der Waals surface area contributed by atoms with Gasteiger partial charge in [0.05, 0.1) is 27.2 Å². The number of aryl methyl sites for hydroxylation is 1. The number of hydrogen-bond donors (Lipinski definition) is 2. The van der Waals surface area contributed by atoms with Gasteiger partial charge in [0, 0.05) is 13.5 Å². The van der Waals surface area contributed by atoms with Crippen LogP contribution in [0.25, 0.3) is 11.0 Å². The highest BCUT2D eigenvalue weighted by Gasteiger charge is 2.34. The van der Waals surface area contributed by atoms with Crippen LogP contribution in [0.2, 0.25) is 0 Å². The lowest BCUT2D eigenvalue weighted by molar-refractivity contribution is 0.0915. The molecule has 0 atom stereocenters. The zero-order valence-electron chi connectivity index (χ0n) is 14.7. The number of thiazole rings is 1. The summed E-state index contributed by atoms with van der Waals surface area (Å²) in [5.41, 5.74) is 1.85. The summed E-state index contributed by atoms with van der Waals surface area (Å²) in [6.07, 6.45) is 1.20. The van der Waals surface area contributed by atoms with Gasteiger partial charge < -0.3 is 4.98 Å². The van der Waals surface area contributed by atoms with E-state index in [1.54, 1.807) is 25.2 Å². The van der Waals surface area contributed by atoms with E-state index in [4.69, 9.17) is 0 Å². The van der Waals surface area contributed by atoms with Gasteiger partial charge in [0.15, 0.2) is 10.9 Å². The number of H-pyrrole nitrogens is 1. The number of benzene rings is 1. The zero-order chi connectivity index (χ0) is 18.6. The first-order valence-corrected chi connectivity index (χ1v) is 9.09. The third-order valence-corrected chi connectivity index (χ3v) is 5.70. The lowest BCUT2D eigenvalue weighted by Gasteiger charge is -2.26. The van der Waals surface area contributed by atoms with Crippen molar-refractivity contribution in [3.8, 4) is 0 Å². The summed E-state index contributed by atoms with van der Waals surface area (Å²) in [6, 6.07) is 5.14. The molecule has 1 amide bonds. The first-order chi connectivity index (χ1) is 12.2. The molecule has 0 bridgehead atoms. The maximum Gasteiger partial charge on any atom is 0.326 e. The fraction of sp³-hybridized carbons (Fsp3) is 0.333. The molecular weight excluding hydrogens is 352 g/mol. The maximum absolute atomic E-state index is 12.7. The SMILES string of the molecule is Cn1c(=O)[nH]c2c(C(=O)Nc3nc4c(s3)C(=O)CC(C)(C)C4)cccc21. The summed E-state index contributed by atoms with van der Waals surface area (Å²) in [4.78, 5) is 44.6. The van der Waals surface area contributed by atoms with Crippen LogP contribution in [0.5, 0.6) is 0 Å². The smallest absolute Gasteiger partial charge is 0.305 e. The Morgan fingerprint density at radius 1 is 1.31 bits per heavy atom. The molecular formula is C18H18N4O3S. The molecule has 2 heterocycles. The summed E-state index contributed by atoms with van der Waals surface area (Å²) >= 11 is 1.21. The number of imidazole rings is 1. The number of amides is 1.